The topological polar surface area (TPSA) is 51.0 Å². The smallest absolute Gasteiger partial charge is 0.196 e. The lowest BCUT2D eigenvalue weighted by molar-refractivity contribution is -0.00000413. The van der Waals surface area contributed by atoms with E-state index in [-0.39, 0.29) is 12.4 Å². The average molecular weight is 263 g/mol. The number of fused-ring (bicyclic) bond motifs is 3. The van der Waals surface area contributed by atoms with Gasteiger partial charge in [-0.05, 0) is 26.0 Å². The second kappa shape index (κ2) is 4.82. The zero-order valence-electron chi connectivity index (χ0n) is 10.2. The molecule has 2 aromatic heterocycles. The maximum atomic E-state index is 5.80. The Morgan fingerprint density at radius 1 is 1.22 bits per heavy atom. The first kappa shape index (κ1) is 12.6. The molecule has 1 N–H and O–H groups in total. The van der Waals surface area contributed by atoms with Crippen molar-refractivity contribution in [2.45, 2.75) is 13.8 Å². The number of rotatable bonds is 2. The van der Waals surface area contributed by atoms with E-state index in [0.29, 0.717) is 0 Å². The molecule has 18 heavy (non-hydrogen) atoms. The third-order valence-electron chi connectivity index (χ3n) is 2.68. The molecule has 0 saturated carbocycles. The van der Waals surface area contributed by atoms with Crippen molar-refractivity contribution in [2.75, 3.05) is 11.9 Å². The first-order valence-electron chi connectivity index (χ1n) is 5.69. The van der Waals surface area contributed by atoms with Gasteiger partial charge in [-0.1, -0.05) is 12.1 Å². The molecule has 4 nitrogen and oxygen atoms in total. The Balaban J connectivity index is 0.00000120. The predicted octanol–water partition coefficient (Wildman–Crippen LogP) is 0.120. The number of hydrogen-bond acceptors (Lipinski definition) is 4. The van der Waals surface area contributed by atoms with Crippen LogP contribution in [-0.4, -0.2) is 16.5 Å². The van der Waals surface area contributed by atoms with Gasteiger partial charge in [0, 0.05) is 11.9 Å². The monoisotopic (exact) mass is 262 g/mol. The van der Waals surface area contributed by atoms with Gasteiger partial charge in [-0.25, -0.2) is 9.97 Å². The second-order valence-corrected chi connectivity index (χ2v) is 3.93. The van der Waals surface area contributed by atoms with Crippen molar-refractivity contribution < 1.29 is 16.8 Å². The van der Waals surface area contributed by atoms with E-state index in [1.807, 2.05) is 38.1 Å². The molecule has 1 aromatic carbocycles. The first-order valence-corrected chi connectivity index (χ1v) is 5.69. The number of aryl methyl sites for hydroxylation is 1. The van der Waals surface area contributed by atoms with E-state index in [9.17, 15) is 0 Å². The predicted molar refractivity (Wildman–Crippen MR) is 68.2 cm³/mol. The highest BCUT2D eigenvalue weighted by atomic mass is 35.5. The van der Waals surface area contributed by atoms with Crippen molar-refractivity contribution in [1.29, 1.82) is 0 Å². The third kappa shape index (κ3) is 1.88. The van der Waals surface area contributed by atoms with Gasteiger partial charge in [-0.2, -0.15) is 0 Å². The molecule has 94 valence electrons. The summed E-state index contributed by atoms with van der Waals surface area (Å²) in [6, 6.07) is 7.91. The molecule has 0 aliphatic rings. The highest BCUT2D eigenvalue weighted by Gasteiger charge is 2.13. The Bertz CT molecular complexity index is 693. The van der Waals surface area contributed by atoms with E-state index in [1.54, 1.807) is 0 Å². The zero-order valence-corrected chi connectivity index (χ0v) is 11.0. The number of nitrogens with zero attached hydrogens (tertiary/aromatic N) is 2. The Hall–Kier alpha value is -1.81. The number of para-hydroxylation sites is 1. The van der Waals surface area contributed by atoms with Gasteiger partial charge in [0.2, 0.25) is 0 Å². The molecule has 0 saturated heterocycles. The minimum Gasteiger partial charge on any atom is -1.00 e. The van der Waals surface area contributed by atoms with Gasteiger partial charge in [0.05, 0.1) is 0 Å². The molecule has 3 aromatic rings. The van der Waals surface area contributed by atoms with Crippen molar-refractivity contribution >= 4 is 27.9 Å². The van der Waals surface area contributed by atoms with E-state index in [2.05, 4.69) is 15.3 Å². The molecular weight excluding hydrogens is 250 g/mol. The van der Waals surface area contributed by atoms with Crippen LogP contribution in [0, 0.1) is 6.92 Å². The number of anilines is 1. The van der Waals surface area contributed by atoms with Crippen LogP contribution in [0.5, 0.6) is 0 Å². The number of benzene rings is 1. The molecule has 0 aliphatic carbocycles. The van der Waals surface area contributed by atoms with Crippen LogP contribution in [0.4, 0.5) is 5.82 Å². The van der Waals surface area contributed by atoms with Crippen molar-refractivity contribution in [3.8, 4) is 0 Å². The molecule has 0 atom stereocenters. The minimum atomic E-state index is 0. The number of aromatic nitrogens is 2. The molecule has 0 radical (unpaired) electrons. The summed E-state index contributed by atoms with van der Waals surface area (Å²) in [4.78, 5) is 8.83. The normalized spacial score (nSPS) is 10.6. The zero-order chi connectivity index (χ0) is 11.8. The summed E-state index contributed by atoms with van der Waals surface area (Å²) in [7, 11) is 0. The fraction of sp³-hybridized carbons (Fsp3) is 0.231. The Kier molecular flexibility index (Phi) is 3.39. The van der Waals surface area contributed by atoms with Crippen LogP contribution in [0.2, 0.25) is 0 Å². The van der Waals surface area contributed by atoms with Gasteiger partial charge in [-0.15, -0.1) is 0 Å². The van der Waals surface area contributed by atoms with Crippen LogP contribution >= 0.6 is 0 Å². The van der Waals surface area contributed by atoms with Crippen LogP contribution in [0.1, 0.15) is 12.7 Å². The van der Waals surface area contributed by atoms with Crippen LogP contribution in [-0.2, 0) is 0 Å². The van der Waals surface area contributed by atoms with Gasteiger partial charge in [-0.3, -0.25) is 0 Å². The SMILES string of the molecule is CCNc1nc(C)nc2c1oc1ccccc12.[Cl-]. The van der Waals surface area contributed by atoms with Crippen molar-refractivity contribution in [1.82, 2.24) is 9.97 Å². The second-order valence-electron chi connectivity index (χ2n) is 3.93. The summed E-state index contributed by atoms with van der Waals surface area (Å²) in [5, 5.41) is 4.24. The first-order chi connectivity index (χ1) is 8.29. The Morgan fingerprint density at radius 2 is 2.00 bits per heavy atom. The Morgan fingerprint density at radius 3 is 2.78 bits per heavy atom. The summed E-state index contributed by atoms with van der Waals surface area (Å²) in [5.41, 5.74) is 2.46. The van der Waals surface area contributed by atoms with E-state index in [1.165, 1.54) is 0 Å². The van der Waals surface area contributed by atoms with Gasteiger partial charge in [0.1, 0.15) is 16.9 Å². The van der Waals surface area contributed by atoms with Crippen molar-refractivity contribution in [3.05, 3.63) is 30.1 Å². The van der Waals surface area contributed by atoms with Gasteiger partial charge >= 0.3 is 0 Å². The van der Waals surface area contributed by atoms with E-state index < -0.39 is 0 Å². The summed E-state index contributed by atoms with van der Waals surface area (Å²) in [6.45, 7) is 4.73. The Labute approximate surface area is 111 Å². The summed E-state index contributed by atoms with van der Waals surface area (Å²) in [6.07, 6.45) is 0. The van der Waals surface area contributed by atoms with Crippen LogP contribution in [0.15, 0.2) is 28.7 Å². The highest BCUT2D eigenvalue weighted by Crippen LogP contribution is 2.30. The van der Waals surface area contributed by atoms with E-state index in [4.69, 9.17) is 4.42 Å². The number of halogens is 1. The summed E-state index contributed by atoms with van der Waals surface area (Å²) in [5.74, 6) is 1.52. The number of nitrogens with one attached hydrogen (secondary N) is 1. The molecule has 0 spiro atoms. The molecule has 0 amide bonds. The lowest BCUT2D eigenvalue weighted by atomic mass is 10.2. The standard InChI is InChI=1S/C13H13N3O.ClH/c1-3-14-13-12-11(15-8(2)16-13)9-6-4-5-7-10(9)17-12;/h4-7H,3H2,1-2H3,(H,14,15,16);1H/p-1. The number of hydrogen-bond donors (Lipinski definition) is 1. The van der Waals surface area contributed by atoms with Crippen LogP contribution in [0.25, 0.3) is 22.1 Å². The fourth-order valence-electron chi connectivity index (χ4n) is 1.99. The molecule has 3 rings (SSSR count). The van der Waals surface area contributed by atoms with Gasteiger partial charge < -0.3 is 22.1 Å². The maximum absolute atomic E-state index is 5.80. The van der Waals surface area contributed by atoms with Gasteiger partial charge in [0.15, 0.2) is 11.4 Å². The van der Waals surface area contributed by atoms with E-state index >= 15 is 0 Å². The van der Waals surface area contributed by atoms with Crippen molar-refractivity contribution in [2.24, 2.45) is 0 Å². The average Bonchev–Trinajstić information content (AvgIpc) is 2.69. The minimum absolute atomic E-state index is 0. The summed E-state index contributed by atoms with van der Waals surface area (Å²) < 4.78 is 5.80. The lowest BCUT2D eigenvalue weighted by Crippen LogP contribution is -3.00. The largest absolute Gasteiger partial charge is 1.00 e. The lowest BCUT2D eigenvalue weighted by Gasteiger charge is -2.02. The highest BCUT2D eigenvalue weighted by molar-refractivity contribution is 6.05. The van der Waals surface area contributed by atoms with Crippen LogP contribution in [0.3, 0.4) is 0 Å². The van der Waals surface area contributed by atoms with Crippen molar-refractivity contribution in [3.63, 3.8) is 0 Å². The molecule has 0 fully saturated rings. The van der Waals surface area contributed by atoms with E-state index in [0.717, 1.165) is 40.3 Å². The molecule has 0 unspecified atom stereocenters. The molecule has 2 heterocycles. The fourth-order valence-corrected chi connectivity index (χ4v) is 1.99. The molecule has 5 heteroatoms. The quantitative estimate of drug-likeness (QED) is 0.713. The summed E-state index contributed by atoms with van der Waals surface area (Å²) >= 11 is 0. The van der Waals surface area contributed by atoms with Crippen LogP contribution < -0.4 is 17.7 Å². The molecule has 0 aliphatic heterocycles. The third-order valence-corrected chi connectivity index (χ3v) is 2.68. The molecule has 0 bridgehead atoms. The maximum Gasteiger partial charge on any atom is 0.196 e. The van der Waals surface area contributed by atoms with Gasteiger partial charge in [0.25, 0.3) is 0 Å². The number of furan rings is 1. The molecular formula is C13H13ClN3O-.